The molecule has 0 amide bonds. The molecule has 4 nitrogen and oxygen atoms in total. The number of benzene rings is 1. The van der Waals surface area contributed by atoms with E-state index in [0.717, 1.165) is 0 Å². The van der Waals surface area contributed by atoms with Gasteiger partial charge in [-0.1, -0.05) is 19.0 Å². The van der Waals surface area contributed by atoms with E-state index in [-0.39, 0.29) is 5.82 Å². The topological polar surface area (TPSA) is 51.0 Å². The highest BCUT2D eigenvalue weighted by Crippen LogP contribution is 2.26. The second-order valence-corrected chi connectivity index (χ2v) is 5.03. The van der Waals surface area contributed by atoms with Gasteiger partial charge in [0.25, 0.3) is 0 Å². The van der Waals surface area contributed by atoms with E-state index in [2.05, 4.69) is 31.4 Å². The van der Waals surface area contributed by atoms with Gasteiger partial charge in [-0.3, -0.25) is 0 Å². The Morgan fingerprint density at radius 3 is 2.89 bits per heavy atom. The highest BCUT2D eigenvalue weighted by atomic mass is 79.9. The average molecular weight is 314 g/mol. The summed E-state index contributed by atoms with van der Waals surface area (Å²) in [5.74, 6) is 0.646. The molecule has 96 valence electrons. The van der Waals surface area contributed by atoms with E-state index in [1.165, 1.54) is 12.1 Å². The van der Waals surface area contributed by atoms with Gasteiger partial charge in [0, 0.05) is 16.1 Å². The van der Waals surface area contributed by atoms with Gasteiger partial charge >= 0.3 is 0 Å². The van der Waals surface area contributed by atoms with Crippen molar-refractivity contribution in [3.63, 3.8) is 0 Å². The van der Waals surface area contributed by atoms with Gasteiger partial charge in [0.05, 0.1) is 6.54 Å². The minimum Gasteiger partial charge on any atom is -0.338 e. The van der Waals surface area contributed by atoms with Crippen LogP contribution in [0.3, 0.4) is 0 Å². The molecule has 0 fully saturated rings. The number of hydrogen-bond donors (Lipinski definition) is 1. The molecule has 0 saturated carbocycles. The number of aromatic nitrogens is 2. The summed E-state index contributed by atoms with van der Waals surface area (Å²) in [5, 5.41) is 7.06. The summed E-state index contributed by atoms with van der Waals surface area (Å²) in [5.41, 5.74) is 0.705. The molecule has 0 saturated heterocycles. The van der Waals surface area contributed by atoms with Crippen molar-refractivity contribution in [1.82, 2.24) is 15.5 Å². The third-order valence-corrected chi connectivity index (χ3v) is 2.96. The minimum absolute atomic E-state index is 0.309. The van der Waals surface area contributed by atoms with Gasteiger partial charge in [0.15, 0.2) is 0 Å². The monoisotopic (exact) mass is 313 g/mol. The highest BCUT2D eigenvalue weighted by molar-refractivity contribution is 9.10. The van der Waals surface area contributed by atoms with Crippen LogP contribution in [0, 0.1) is 5.82 Å². The van der Waals surface area contributed by atoms with Crippen LogP contribution in [-0.4, -0.2) is 16.2 Å². The van der Waals surface area contributed by atoms with E-state index in [1.54, 1.807) is 6.07 Å². The Morgan fingerprint density at radius 1 is 1.44 bits per heavy atom. The molecule has 0 aliphatic heterocycles. The average Bonchev–Trinajstić information content (AvgIpc) is 2.75. The van der Waals surface area contributed by atoms with Crippen LogP contribution in [0.4, 0.5) is 4.39 Å². The van der Waals surface area contributed by atoms with E-state index in [1.807, 2.05) is 13.8 Å². The van der Waals surface area contributed by atoms with Crippen LogP contribution in [0.25, 0.3) is 11.4 Å². The fourth-order valence-corrected chi connectivity index (χ4v) is 1.93. The maximum atomic E-state index is 13.0. The van der Waals surface area contributed by atoms with Gasteiger partial charge in [0.2, 0.25) is 11.7 Å². The van der Waals surface area contributed by atoms with Crippen LogP contribution in [0.1, 0.15) is 19.7 Å². The fraction of sp³-hybridized carbons (Fsp3) is 0.333. The van der Waals surface area contributed by atoms with Crippen LogP contribution in [0.2, 0.25) is 0 Å². The Labute approximate surface area is 113 Å². The Hall–Kier alpha value is -1.27. The lowest BCUT2D eigenvalue weighted by atomic mass is 10.2. The molecule has 0 aliphatic carbocycles. The number of nitrogens with zero attached hydrogens (tertiary/aromatic N) is 2. The summed E-state index contributed by atoms with van der Waals surface area (Å²) in [4.78, 5) is 4.25. The minimum atomic E-state index is -0.309. The van der Waals surface area contributed by atoms with Crippen molar-refractivity contribution in [1.29, 1.82) is 0 Å². The predicted molar refractivity (Wildman–Crippen MR) is 69.4 cm³/mol. The maximum Gasteiger partial charge on any atom is 0.240 e. The lowest BCUT2D eigenvalue weighted by Gasteiger charge is -2.03. The summed E-state index contributed by atoms with van der Waals surface area (Å²) in [6, 6.07) is 4.70. The Kier molecular flexibility index (Phi) is 4.08. The lowest BCUT2D eigenvalue weighted by Crippen LogP contribution is -2.21. The first-order valence-corrected chi connectivity index (χ1v) is 6.37. The molecule has 18 heavy (non-hydrogen) atoms. The molecular formula is C12H13BrFN3O. The Bertz CT molecular complexity index is 542. The van der Waals surface area contributed by atoms with Crippen LogP contribution in [-0.2, 0) is 6.54 Å². The molecule has 0 bridgehead atoms. The van der Waals surface area contributed by atoms with E-state index in [0.29, 0.717) is 34.3 Å². The Balaban J connectivity index is 2.18. The second-order valence-electron chi connectivity index (χ2n) is 4.17. The first kappa shape index (κ1) is 13.2. The number of nitrogens with one attached hydrogen (secondary N) is 1. The molecule has 2 rings (SSSR count). The Morgan fingerprint density at radius 2 is 2.22 bits per heavy atom. The molecule has 0 radical (unpaired) electrons. The fourth-order valence-electron chi connectivity index (χ4n) is 1.40. The third kappa shape index (κ3) is 3.14. The first-order chi connectivity index (χ1) is 8.56. The highest BCUT2D eigenvalue weighted by Gasteiger charge is 2.12. The zero-order chi connectivity index (χ0) is 13.1. The summed E-state index contributed by atoms with van der Waals surface area (Å²) in [6.07, 6.45) is 0. The van der Waals surface area contributed by atoms with E-state index in [4.69, 9.17) is 4.52 Å². The van der Waals surface area contributed by atoms with Gasteiger partial charge in [-0.05, 0) is 34.1 Å². The lowest BCUT2D eigenvalue weighted by molar-refractivity contribution is 0.362. The molecule has 1 aromatic heterocycles. The molecular weight excluding hydrogens is 301 g/mol. The third-order valence-electron chi connectivity index (χ3n) is 2.30. The van der Waals surface area contributed by atoms with Gasteiger partial charge in [-0.15, -0.1) is 0 Å². The summed E-state index contributed by atoms with van der Waals surface area (Å²) < 4.78 is 18.7. The van der Waals surface area contributed by atoms with E-state index in [9.17, 15) is 4.39 Å². The summed E-state index contributed by atoms with van der Waals surface area (Å²) in [7, 11) is 0. The molecule has 0 atom stereocenters. The summed E-state index contributed by atoms with van der Waals surface area (Å²) >= 11 is 3.28. The number of hydrogen-bond acceptors (Lipinski definition) is 4. The van der Waals surface area contributed by atoms with Crippen LogP contribution in [0.15, 0.2) is 27.2 Å². The normalized spacial score (nSPS) is 11.2. The molecule has 0 aliphatic rings. The summed E-state index contributed by atoms with van der Waals surface area (Å²) in [6.45, 7) is 4.59. The molecule has 1 N–H and O–H groups in total. The van der Waals surface area contributed by atoms with E-state index < -0.39 is 0 Å². The van der Waals surface area contributed by atoms with E-state index >= 15 is 0 Å². The second kappa shape index (κ2) is 5.58. The quantitative estimate of drug-likeness (QED) is 0.942. The van der Waals surface area contributed by atoms with Crippen LogP contribution >= 0.6 is 15.9 Å². The molecule has 6 heteroatoms. The van der Waals surface area contributed by atoms with Crippen molar-refractivity contribution >= 4 is 15.9 Å². The standard InChI is InChI=1S/C12H13BrFN3O/c1-7(2)15-6-11-16-12(17-18-11)9-4-3-8(14)5-10(9)13/h3-5,7,15H,6H2,1-2H3. The molecule has 0 spiro atoms. The van der Waals surface area contributed by atoms with Gasteiger partial charge in [-0.25, -0.2) is 4.39 Å². The molecule has 0 unspecified atom stereocenters. The maximum absolute atomic E-state index is 13.0. The zero-order valence-corrected chi connectivity index (χ0v) is 11.7. The van der Waals surface area contributed by atoms with Gasteiger partial charge in [0.1, 0.15) is 5.82 Å². The first-order valence-electron chi connectivity index (χ1n) is 5.57. The van der Waals surface area contributed by atoms with Gasteiger partial charge in [-0.2, -0.15) is 4.98 Å². The zero-order valence-electron chi connectivity index (χ0n) is 10.1. The van der Waals surface area contributed by atoms with Crippen LogP contribution in [0.5, 0.6) is 0 Å². The van der Waals surface area contributed by atoms with Crippen molar-refractivity contribution in [3.8, 4) is 11.4 Å². The van der Waals surface area contributed by atoms with Gasteiger partial charge < -0.3 is 9.84 Å². The van der Waals surface area contributed by atoms with Crippen molar-refractivity contribution in [2.45, 2.75) is 26.4 Å². The van der Waals surface area contributed by atoms with Crippen LogP contribution < -0.4 is 5.32 Å². The number of rotatable bonds is 4. The van der Waals surface area contributed by atoms with Crippen molar-refractivity contribution < 1.29 is 8.91 Å². The largest absolute Gasteiger partial charge is 0.338 e. The predicted octanol–water partition coefficient (Wildman–Crippen LogP) is 3.14. The molecule has 1 aromatic carbocycles. The smallest absolute Gasteiger partial charge is 0.240 e. The number of halogens is 2. The van der Waals surface area contributed by atoms with Crippen molar-refractivity contribution in [2.75, 3.05) is 0 Å². The van der Waals surface area contributed by atoms with Crippen molar-refractivity contribution in [2.24, 2.45) is 0 Å². The SMILES string of the molecule is CC(C)NCc1nc(-c2ccc(F)cc2Br)no1. The molecule has 2 aromatic rings. The molecule has 1 heterocycles. The van der Waals surface area contributed by atoms with Crippen molar-refractivity contribution in [3.05, 3.63) is 34.4 Å².